The van der Waals surface area contributed by atoms with Gasteiger partial charge in [-0.15, -0.1) is 0 Å². The quantitative estimate of drug-likeness (QED) is 0.760. The second kappa shape index (κ2) is 7.42. The smallest absolute Gasteiger partial charge is 0.158 e. The lowest BCUT2D eigenvalue weighted by atomic mass is 10.3. The van der Waals surface area contributed by atoms with Crippen molar-refractivity contribution in [2.75, 3.05) is 25.6 Å². The third kappa shape index (κ3) is 5.30. The molecule has 0 amide bonds. The number of aromatic nitrogens is 2. The summed E-state index contributed by atoms with van der Waals surface area (Å²) in [6.07, 6.45) is 0. The third-order valence-corrected chi connectivity index (χ3v) is 2.18. The molecule has 0 fully saturated rings. The molecule has 0 aromatic carbocycles. The minimum atomic E-state index is 0.158. The Morgan fingerprint density at radius 3 is 2.88 bits per heavy atom. The Morgan fingerprint density at radius 2 is 2.24 bits per heavy atom. The van der Waals surface area contributed by atoms with Gasteiger partial charge in [0.25, 0.3) is 0 Å². The van der Waals surface area contributed by atoms with Crippen molar-refractivity contribution < 1.29 is 9.47 Å². The summed E-state index contributed by atoms with van der Waals surface area (Å²) in [6, 6.07) is 1.84. The number of hydrogen-bond acceptors (Lipinski definition) is 5. The van der Waals surface area contributed by atoms with Gasteiger partial charge in [0.2, 0.25) is 0 Å². The van der Waals surface area contributed by atoms with E-state index in [0.717, 1.165) is 0 Å². The number of methoxy groups -OCH3 is 1. The zero-order valence-corrected chi connectivity index (χ0v) is 11.1. The van der Waals surface area contributed by atoms with Crippen LogP contribution in [0.4, 0.5) is 5.82 Å². The molecule has 5 nitrogen and oxygen atoms in total. The molecule has 6 heteroatoms. The maximum absolute atomic E-state index is 5.91. The summed E-state index contributed by atoms with van der Waals surface area (Å²) < 4.78 is 10.3. The molecular weight excluding hydrogens is 242 g/mol. The van der Waals surface area contributed by atoms with Gasteiger partial charge in [0, 0.05) is 25.8 Å². The van der Waals surface area contributed by atoms with Gasteiger partial charge in [-0.3, -0.25) is 0 Å². The van der Waals surface area contributed by atoms with E-state index in [9.17, 15) is 0 Å². The van der Waals surface area contributed by atoms with Gasteiger partial charge in [0.05, 0.1) is 6.61 Å². The molecule has 0 aliphatic heterocycles. The van der Waals surface area contributed by atoms with E-state index in [1.807, 2.05) is 13.8 Å². The molecule has 1 heterocycles. The van der Waals surface area contributed by atoms with E-state index >= 15 is 0 Å². The minimum absolute atomic E-state index is 0.158. The summed E-state index contributed by atoms with van der Waals surface area (Å²) in [4.78, 5) is 8.39. The topological polar surface area (TPSA) is 56.3 Å². The Labute approximate surface area is 107 Å². The molecule has 0 radical (unpaired) electrons. The van der Waals surface area contributed by atoms with Gasteiger partial charge in [-0.05, 0) is 13.8 Å². The fraction of sp³-hybridized carbons (Fsp3) is 0.636. The number of anilines is 1. The van der Waals surface area contributed by atoms with E-state index in [-0.39, 0.29) is 6.04 Å². The first kappa shape index (κ1) is 14.2. The summed E-state index contributed by atoms with van der Waals surface area (Å²) in [7, 11) is 1.66. The second-order valence-corrected chi connectivity index (χ2v) is 4.02. The van der Waals surface area contributed by atoms with Gasteiger partial charge in [-0.1, -0.05) is 11.6 Å². The predicted octanol–water partition coefficient (Wildman–Crippen LogP) is 2.11. The Hall–Kier alpha value is -0.910. The minimum Gasteiger partial charge on any atom is -0.383 e. The summed E-state index contributed by atoms with van der Waals surface area (Å²) >= 11 is 5.91. The van der Waals surface area contributed by atoms with Crippen LogP contribution in [0.1, 0.15) is 19.7 Å². The second-order valence-electron chi connectivity index (χ2n) is 3.63. The molecule has 1 unspecified atom stereocenters. The van der Waals surface area contributed by atoms with Gasteiger partial charge in [0.15, 0.2) is 5.82 Å². The van der Waals surface area contributed by atoms with Crippen LogP contribution in [0, 0.1) is 0 Å². The lowest BCUT2D eigenvalue weighted by Crippen LogP contribution is -2.21. The molecule has 1 N–H and O–H groups in total. The molecule has 1 aromatic heterocycles. The molecule has 1 aromatic rings. The molecule has 0 saturated heterocycles. The predicted molar refractivity (Wildman–Crippen MR) is 67.3 cm³/mol. The van der Waals surface area contributed by atoms with E-state index in [2.05, 4.69) is 15.3 Å². The number of hydrogen-bond donors (Lipinski definition) is 1. The average molecular weight is 260 g/mol. The van der Waals surface area contributed by atoms with Gasteiger partial charge < -0.3 is 14.8 Å². The van der Waals surface area contributed by atoms with Crippen molar-refractivity contribution in [3.05, 3.63) is 17.0 Å². The number of ether oxygens (including phenoxy) is 2. The maximum Gasteiger partial charge on any atom is 0.158 e. The molecule has 0 spiro atoms. The van der Waals surface area contributed by atoms with Gasteiger partial charge in [-0.2, -0.15) is 0 Å². The lowest BCUT2D eigenvalue weighted by molar-refractivity contribution is 0.128. The van der Waals surface area contributed by atoms with Crippen molar-refractivity contribution in [2.45, 2.75) is 26.5 Å². The number of nitrogens with one attached hydrogen (secondary N) is 1. The van der Waals surface area contributed by atoms with Gasteiger partial charge >= 0.3 is 0 Å². The van der Waals surface area contributed by atoms with E-state index in [4.69, 9.17) is 21.1 Å². The fourth-order valence-electron chi connectivity index (χ4n) is 1.34. The monoisotopic (exact) mass is 259 g/mol. The van der Waals surface area contributed by atoms with Crippen LogP contribution < -0.4 is 5.32 Å². The fourth-order valence-corrected chi connectivity index (χ4v) is 1.54. The van der Waals surface area contributed by atoms with E-state index in [1.54, 1.807) is 13.2 Å². The third-order valence-electron chi connectivity index (χ3n) is 1.99. The highest BCUT2D eigenvalue weighted by Gasteiger charge is 2.06. The highest BCUT2D eigenvalue weighted by atomic mass is 35.5. The summed E-state index contributed by atoms with van der Waals surface area (Å²) in [5.41, 5.74) is 0. The first-order valence-corrected chi connectivity index (χ1v) is 5.90. The highest BCUT2D eigenvalue weighted by Crippen LogP contribution is 2.13. The van der Waals surface area contributed by atoms with Crippen LogP contribution >= 0.6 is 11.6 Å². The lowest BCUT2D eigenvalue weighted by Gasteiger charge is -2.14. The van der Waals surface area contributed by atoms with E-state index in [1.165, 1.54) is 0 Å². The van der Waals surface area contributed by atoms with Crippen LogP contribution in [0.15, 0.2) is 6.07 Å². The Kier molecular flexibility index (Phi) is 6.18. The normalized spacial score (nSPS) is 12.5. The molecular formula is C11H18ClN3O2. The van der Waals surface area contributed by atoms with E-state index in [0.29, 0.717) is 36.6 Å². The summed E-state index contributed by atoms with van der Waals surface area (Å²) in [5, 5.41) is 3.59. The van der Waals surface area contributed by atoms with Crippen molar-refractivity contribution in [3.63, 3.8) is 0 Å². The Morgan fingerprint density at radius 1 is 1.47 bits per heavy atom. The molecule has 0 aliphatic rings. The van der Waals surface area contributed by atoms with Crippen LogP contribution in [0.25, 0.3) is 0 Å². The van der Waals surface area contributed by atoms with Crippen molar-refractivity contribution in [1.82, 2.24) is 9.97 Å². The number of rotatable bonds is 7. The first-order valence-electron chi connectivity index (χ1n) is 5.52. The van der Waals surface area contributed by atoms with Gasteiger partial charge in [0.1, 0.15) is 17.6 Å². The SMILES string of the molecule is CCOCc1nc(Cl)cc(NC(C)COC)n1. The standard InChI is InChI=1S/C11H18ClN3O2/c1-4-17-7-11-14-9(12)5-10(15-11)13-8(2)6-16-3/h5,8H,4,6-7H2,1-3H3,(H,13,14,15). The molecule has 17 heavy (non-hydrogen) atoms. The molecule has 0 bridgehead atoms. The highest BCUT2D eigenvalue weighted by molar-refractivity contribution is 6.29. The number of halogens is 1. The van der Waals surface area contributed by atoms with Crippen LogP contribution in [-0.2, 0) is 16.1 Å². The van der Waals surface area contributed by atoms with Crippen molar-refractivity contribution in [1.29, 1.82) is 0 Å². The first-order chi connectivity index (χ1) is 8.15. The Balaban J connectivity index is 2.67. The van der Waals surface area contributed by atoms with E-state index < -0.39 is 0 Å². The van der Waals surface area contributed by atoms with Crippen LogP contribution in [0.5, 0.6) is 0 Å². The van der Waals surface area contributed by atoms with Crippen LogP contribution in [0.3, 0.4) is 0 Å². The molecule has 96 valence electrons. The zero-order valence-electron chi connectivity index (χ0n) is 10.4. The van der Waals surface area contributed by atoms with Gasteiger partial charge in [-0.25, -0.2) is 9.97 Å². The summed E-state index contributed by atoms with van der Waals surface area (Å²) in [6.45, 7) is 5.51. The largest absolute Gasteiger partial charge is 0.383 e. The number of nitrogens with zero attached hydrogens (tertiary/aromatic N) is 2. The van der Waals surface area contributed by atoms with Crippen LogP contribution in [-0.4, -0.2) is 36.3 Å². The molecule has 0 saturated carbocycles. The Bertz CT molecular complexity index is 349. The average Bonchev–Trinajstić information content (AvgIpc) is 2.25. The molecule has 0 aliphatic carbocycles. The van der Waals surface area contributed by atoms with Crippen LogP contribution in [0.2, 0.25) is 5.15 Å². The van der Waals surface area contributed by atoms with Crippen molar-refractivity contribution in [2.24, 2.45) is 0 Å². The zero-order chi connectivity index (χ0) is 12.7. The molecule has 1 atom stereocenters. The summed E-state index contributed by atoms with van der Waals surface area (Å²) in [5.74, 6) is 1.26. The molecule has 1 rings (SSSR count). The maximum atomic E-state index is 5.91. The van der Waals surface area contributed by atoms with Crippen molar-refractivity contribution in [3.8, 4) is 0 Å². The van der Waals surface area contributed by atoms with Crippen molar-refractivity contribution >= 4 is 17.4 Å².